The summed E-state index contributed by atoms with van der Waals surface area (Å²) in [7, 11) is 1.59. The highest BCUT2D eigenvalue weighted by Crippen LogP contribution is 2.41. The fourth-order valence-electron chi connectivity index (χ4n) is 4.54. The highest BCUT2D eigenvalue weighted by Gasteiger charge is 2.48. The van der Waals surface area contributed by atoms with Crippen molar-refractivity contribution in [3.8, 4) is 11.5 Å². The zero-order chi connectivity index (χ0) is 18.3. The van der Waals surface area contributed by atoms with Crippen LogP contribution in [0.2, 0.25) is 0 Å². The Morgan fingerprint density at radius 3 is 2.85 bits per heavy atom. The summed E-state index contributed by atoms with van der Waals surface area (Å²) in [6.07, 6.45) is 6.43. The maximum atomic E-state index is 13.2. The lowest BCUT2D eigenvalue weighted by atomic mass is 9.84. The Kier molecular flexibility index (Phi) is 4.34. The molecule has 1 aromatic rings. The molecule has 2 heterocycles. The molecule has 1 aliphatic carbocycles. The van der Waals surface area contributed by atoms with Gasteiger partial charge in [-0.3, -0.25) is 4.79 Å². The average Bonchev–Trinajstić information content (AvgIpc) is 3.06. The van der Waals surface area contributed by atoms with Crippen molar-refractivity contribution in [1.29, 1.82) is 0 Å². The predicted molar refractivity (Wildman–Crippen MR) is 95.1 cm³/mol. The van der Waals surface area contributed by atoms with E-state index in [0.717, 1.165) is 31.2 Å². The quantitative estimate of drug-likeness (QED) is 0.900. The number of methoxy groups -OCH3 is 1. The molecule has 1 saturated carbocycles. The molecular formula is C20H23NO5. The Bertz CT molecular complexity index is 771. The van der Waals surface area contributed by atoms with E-state index in [-0.39, 0.29) is 18.6 Å². The van der Waals surface area contributed by atoms with Gasteiger partial charge in [0.05, 0.1) is 12.7 Å². The van der Waals surface area contributed by atoms with Gasteiger partial charge in [-0.15, -0.1) is 0 Å². The highest BCUT2D eigenvalue weighted by atomic mass is 16.5. The molecule has 3 atom stereocenters. The van der Waals surface area contributed by atoms with Crippen molar-refractivity contribution in [2.45, 2.75) is 44.2 Å². The number of fused-ring (bicyclic) bond motifs is 2. The second-order valence-electron chi connectivity index (χ2n) is 7.28. The van der Waals surface area contributed by atoms with E-state index >= 15 is 0 Å². The summed E-state index contributed by atoms with van der Waals surface area (Å²) in [5.74, 6) is 0.571. The van der Waals surface area contributed by atoms with Crippen LogP contribution in [0.15, 0.2) is 23.8 Å². The number of likely N-dealkylation sites (tertiary alicyclic amines) is 1. The van der Waals surface area contributed by atoms with E-state index in [9.17, 15) is 14.7 Å². The number of hydrogen-bond acceptors (Lipinski definition) is 4. The van der Waals surface area contributed by atoms with Gasteiger partial charge in [-0.2, -0.15) is 0 Å². The molecule has 3 unspecified atom stereocenters. The zero-order valence-corrected chi connectivity index (χ0v) is 14.8. The Morgan fingerprint density at radius 2 is 2.08 bits per heavy atom. The van der Waals surface area contributed by atoms with Gasteiger partial charge in [-0.1, -0.05) is 12.8 Å². The van der Waals surface area contributed by atoms with Gasteiger partial charge in [-0.25, -0.2) is 4.79 Å². The van der Waals surface area contributed by atoms with Crippen molar-refractivity contribution >= 4 is 18.0 Å². The van der Waals surface area contributed by atoms with Crippen molar-refractivity contribution in [1.82, 2.24) is 4.90 Å². The maximum absolute atomic E-state index is 13.2. The van der Waals surface area contributed by atoms with Crippen LogP contribution in [-0.2, 0) is 9.59 Å². The van der Waals surface area contributed by atoms with E-state index in [1.54, 1.807) is 18.1 Å². The monoisotopic (exact) mass is 357 g/mol. The van der Waals surface area contributed by atoms with Gasteiger partial charge >= 0.3 is 5.97 Å². The summed E-state index contributed by atoms with van der Waals surface area (Å²) in [6, 6.07) is 4.75. The summed E-state index contributed by atoms with van der Waals surface area (Å²) in [4.78, 5) is 26.6. The molecular weight excluding hydrogens is 334 g/mol. The first kappa shape index (κ1) is 16.9. The molecule has 1 saturated heterocycles. The Hall–Kier alpha value is -2.50. The van der Waals surface area contributed by atoms with E-state index < -0.39 is 12.0 Å². The molecule has 1 N–H and O–H groups in total. The topological polar surface area (TPSA) is 76.1 Å². The van der Waals surface area contributed by atoms with Gasteiger partial charge < -0.3 is 19.5 Å². The second kappa shape index (κ2) is 6.67. The lowest BCUT2D eigenvalue weighted by Gasteiger charge is -2.34. The van der Waals surface area contributed by atoms with Crippen molar-refractivity contribution in [2.75, 3.05) is 13.7 Å². The van der Waals surface area contributed by atoms with Crippen LogP contribution in [0, 0.1) is 5.92 Å². The molecule has 4 rings (SSSR count). The standard InChI is InChI=1S/C20H23NO5/c1-25-15-6-7-18-13(9-15)8-14(11-26-18)19(22)21-16-5-3-2-4-12(16)10-17(21)20(23)24/h6-9,12,16-17H,2-5,10-11H2,1H3,(H,23,24). The van der Waals surface area contributed by atoms with Crippen LogP contribution in [0.5, 0.6) is 11.5 Å². The first-order chi connectivity index (χ1) is 12.6. The van der Waals surface area contributed by atoms with E-state index in [1.165, 1.54) is 0 Å². The van der Waals surface area contributed by atoms with E-state index in [2.05, 4.69) is 0 Å². The minimum absolute atomic E-state index is 0.0324. The third-order valence-electron chi connectivity index (χ3n) is 5.81. The first-order valence-corrected chi connectivity index (χ1v) is 9.15. The van der Waals surface area contributed by atoms with Crippen molar-refractivity contribution < 1.29 is 24.2 Å². The number of carbonyl (C=O) groups excluding carboxylic acids is 1. The number of aliphatic carboxylic acids is 1. The highest BCUT2D eigenvalue weighted by molar-refractivity contribution is 6.01. The molecule has 1 amide bonds. The van der Waals surface area contributed by atoms with Crippen LogP contribution >= 0.6 is 0 Å². The molecule has 0 radical (unpaired) electrons. The predicted octanol–water partition coefficient (Wildman–Crippen LogP) is 2.72. The normalized spacial score (nSPS) is 27.0. The van der Waals surface area contributed by atoms with Crippen molar-refractivity contribution in [2.24, 2.45) is 5.92 Å². The van der Waals surface area contributed by atoms with E-state index in [0.29, 0.717) is 29.4 Å². The number of carboxylic acid groups (broad SMARTS) is 1. The molecule has 1 aromatic carbocycles. The number of amides is 1. The number of carbonyl (C=O) groups is 2. The van der Waals surface area contributed by atoms with E-state index in [4.69, 9.17) is 9.47 Å². The molecule has 2 aliphatic heterocycles. The fourth-order valence-corrected chi connectivity index (χ4v) is 4.54. The number of hydrogen-bond donors (Lipinski definition) is 1. The average molecular weight is 357 g/mol. The van der Waals surface area contributed by atoms with Crippen LogP contribution in [0.4, 0.5) is 0 Å². The number of ether oxygens (including phenoxy) is 2. The molecule has 0 aromatic heterocycles. The minimum Gasteiger partial charge on any atom is -0.497 e. The van der Waals surface area contributed by atoms with E-state index in [1.807, 2.05) is 18.2 Å². The molecule has 26 heavy (non-hydrogen) atoms. The van der Waals surface area contributed by atoms with Crippen LogP contribution < -0.4 is 9.47 Å². The van der Waals surface area contributed by atoms with Gasteiger partial charge in [0.2, 0.25) is 0 Å². The Balaban J connectivity index is 1.65. The molecule has 0 bridgehead atoms. The second-order valence-corrected chi connectivity index (χ2v) is 7.28. The van der Waals surface area contributed by atoms with Crippen LogP contribution in [0.25, 0.3) is 6.08 Å². The molecule has 6 nitrogen and oxygen atoms in total. The van der Waals surface area contributed by atoms with Gasteiger partial charge in [0, 0.05) is 11.6 Å². The fraction of sp³-hybridized carbons (Fsp3) is 0.500. The lowest BCUT2D eigenvalue weighted by molar-refractivity contribution is -0.148. The van der Waals surface area contributed by atoms with Crippen LogP contribution in [0.3, 0.4) is 0 Å². The number of rotatable bonds is 3. The number of carboxylic acids is 1. The summed E-state index contributed by atoms with van der Waals surface area (Å²) in [6.45, 7) is 0.165. The van der Waals surface area contributed by atoms with Gasteiger partial charge in [0.15, 0.2) is 0 Å². The molecule has 2 fully saturated rings. The molecule has 0 spiro atoms. The first-order valence-electron chi connectivity index (χ1n) is 9.15. The van der Waals surface area contributed by atoms with Gasteiger partial charge in [0.25, 0.3) is 5.91 Å². The zero-order valence-electron chi connectivity index (χ0n) is 14.8. The summed E-state index contributed by atoms with van der Waals surface area (Å²) < 4.78 is 11.0. The smallest absolute Gasteiger partial charge is 0.326 e. The third-order valence-corrected chi connectivity index (χ3v) is 5.81. The van der Waals surface area contributed by atoms with Crippen LogP contribution in [-0.4, -0.2) is 47.7 Å². The summed E-state index contributed by atoms with van der Waals surface area (Å²) in [5, 5.41) is 9.64. The Morgan fingerprint density at radius 1 is 1.27 bits per heavy atom. The van der Waals surface area contributed by atoms with Crippen molar-refractivity contribution in [3.05, 3.63) is 29.3 Å². The summed E-state index contributed by atoms with van der Waals surface area (Å²) in [5.41, 5.74) is 1.29. The molecule has 3 aliphatic rings. The van der Waals surface area contributed by atoms with Gasteiger partial charge in [-0.05, 0) is 49.5 Å². The SMILES string of the molecule is COc1ccc2c(c1)C=C(C(=O)N1C(C(=O)O)CC3CCCCC31)CO2. The van der Waals surface area contributed by atoms with Crippen molar-refractivity contribution in [3.63, 3.8) is 0 Å². The minimum atomic E-state index is -0.910. The molecule has 6 heteroatoms. The lowest BCUT2D eigenvalue weighted by Crippen LogP contribution is -2.47. The van der Waals surface area contributed by atoms with Crippen LogP contribution in [0.1, 0.15) is 37.7 Å². The number of benzene rings is 1. The number of nitrogens with zero attached hydrogens (tertiary/aromatic N) is 1. The van der Waals surface area contributed by atoms with Gasteiger partial charge in [0.1, 0.15) is 24.1 Å². The Labute approximate surface area is 152 Å². The summed E-state index contributed by atoms with van der Waals surface area (Å²) >= 11 is 0. The molecule has 138 valence electrons. The maximum Gasteiger partial charge on any atom is 0.326 e. The third kappa shape index (κ3) is 2.83. The largest absolute Gasteiger partial charge is 0.497 e.